The molecule has 0 spiro atoms. The Labute approximate surface area is 108 Å². The Balaban J connectivity index is 2.04. The molecule has 0 aliphatic heterocycles. The monoisotopic (exact) mass is 296 g/mol. The minimum atomic E-state index is 0.0801. The summed E-state index contributed by atoms with van der Waals surface area (Å²) < 4.78 is 11.2. The van der Waals surface area contributed by atoms with Crippen LogP contribution in [0.4, 0.5) is 5.69 Å². The van der Waals surface area contributed by atoms with Crippen molar-refractivity contribution in [1.82, 2.24) is 4.98 Å². The third-order valence-corrected chi connectivity index (χ3v) is 2.78. The van der Waals surface area contributed by atoms with Crippen LogP contribution in [-0.2, 0) is 0 Å². The van der Waals surface area contributed by atoms with Gasteiger partial charge in [0.25, 0.3) is 0 Å². The lowest BCUT2D eigenvalue weighted by atomic mass is 10.2. The average Bonchev–Trinajstić information content (AvgIpc) is 2.77. The first-order valence-corrected chi connectivity index (χ1v) is 6.00. The number of hydrogen-bond acceptors (Lipinski definition) is 4. The highest BCUT2D eigenvalue weighted by molar-refractivity contribution is 9.10. The van der Waals surface area contributed by atoms with E-state index in [0.29, 0.717) is 5.88 Å². The number of halogens is 1. The molecule has 1 unspecified atom stereocenters. The van der Waals surface area contributed by atoms with E-state index in [1.807, 2.05) is 31.2 Å². The van der Waals surface area contributed by atoms with Crippen LogP contribution in [0.5, 0.6) is 5.88 Å². The van der Waals surface area contributed by atoms with Crippen LogP contribution >= 0.6 is 15.9 Å². The number of aromatic nitrogens is 1. The number of furan rings is 1. The summed E-state index contributed by atoms with van der Waals surface area (Å²) in [5.74, 6) is 1.47. The van der Waals surface area contributed by atoms with Gasteiger partial charge in [-0.2, -0.15) is 0 Å². The minimum Gasteiger partial charge on any atom is -0.481 e. The fourth-order valence-electron chi connectivity index (χ4n) is 1.47. The molecule has 0 radical (unpaired) electrons. The quantitative estimate of drug-likeness (QED) is 0.936. The molecule has 0 aliphatic rings. The van der Waals surface area contributed by atoms with Crippen LogP contribution in [-0.4, -0.2) is 12.1 Å². The number of pyridine rings is 1. The van der Waals surface area contributed by atoms with Gasteiger partial charge in [-0.05, 0) is 41.1 Å². The normalized spacial score (nSPS) is 12.2. The average molecular weight is 297 g/mol. The second-order valence-electron chi connectivity index (χ2n) is 3.60. The van der Waals surface area contributed by atoms with Crippen molar-refractivity contribution >= 4 is 21.6 Å². The van der Waals surface area contributed by atoms with Gasteiger partial charge in [0.15, 0.2) is 4.67 Å². The van der Waals surface area contributed by atoms with Crippen LogP contribution in [0, 0.1) is 0 Å². The smallest absolute Gasteiger partial charge is 0.213 e. The molecule has 1 N–H and O–H groups in total. The van der Waals surface area contributed by atoms with E-state index in [-0.39, 0.29) is 6.04 Å². The van der Waals surface area contributed by atoms with Crippen molar-refractivity contribution in [3.63, 3.8) is 0 Å². The number of ether oxygens (including phenoxy) is 1. The summed E-state index contributed by atoms with van der Waals surface area (Å²) in [5.41, 5.74) is 0.922. The highest BCUT2D eigenvalue weighted by Gasteiger charge is 2.09. The Morgan fingerprint density at radius 1 is 1.35 bits per heavy atom. The van der Waals surface area contributed by atoms with Crippen LogP contribution in [0.3, 0.4) is 0 Å². The van der Waals surface area contributed by atoms with E-state index < -0.39 is 0 Å². The molecule has 0 saturated heterocycles. The first-order chi connectivity index (χ1) is 8.19. The Morgan fingerprint density at radius 3 is 2.71 bits per heavy atom. The number of nitrogens with one attached hydrogen (secondary N) is 1. The Bertz CT molecular complexity index is 482. The molecule has 2 rings (SSSR count). The lowest BCUT2D eigenvalue weighted by Crippen LogP contribution is -2.05. The SMILES string of the molecule is COc1ccc(NC(C)c2ccc(Br)o2)cn1. The van der Waals surface area contributed by atoms with Gasteiger partial charge in [-0.3, -0.25) is 0 Å². The highest BCUT2D eigenvalue weighted by Crippen LogP contribution is 2.23. The van der Waals surface area contributed by atoms with Crippen LogP contribution in [0.1, 0.15) is 18.7 Å². The molecule has 5 heteroatoms. The molecule has 0 amide bonds. The van der Waals surface area contributed by atoms with Gasteiger partial charge in [0.05, 0.1) is 25.0 Å². The summed E-state index contributed by atoms with van der Waals surface area (Å²) in [4.78, 5) is 4.12. The second-order valence-corrected chi connectivity index (χ2v) is 4.38. The second kappa shape index (κ2) is 5.23. The predicted octanol–water partition coefficient (Wildman–Crippen LogP) is 3.62. The largest absolute Gasteiger partial charge is 0.481 e. The maximum Gasteiger partial charge on any atom is 0.213 e. The van der Waals surface area contributed by atoms with Gasteiger partial charge in [0.2, 0.25) is 5.88 Å². The van der Waals surface area contributed by atoms with Crippen molar-refractivity contribution in [2.75, 3.05) is 12.4 Å². The first kappa shape index (κ1) is 12.0. The summed E-state index contributed by atoms with van der Waals surface area (Å²) >= 11 is 3.28. The molecule has 0 saturated carbocycles. The predicted molar refractivity (Wildman–Crippen MR) is 69.2 cm³/mol. The van der Waals surface area contributed by atoms with E-state index >= 15 is 0 Å². The van der Waals surface area contributed by atoms with Gasteiger partial charge < -0.3 is 14.5 Å². The number of anilines is 1. The van der Waals surface area contributed by atoms with E-state index in [2.05, 4.69) is 26.2 Å². The molecule has 4 nitrogen and oxygen atoms in total. The summed E-state index contributed by atoms with van der Waals surface area (Å²) in [5, 5.41) is 3.29. The zero-order chi connectivity index (χ0) is 12.3. The van der Waals surface area contributed by atoms with Crippen molar-refractivity contribution < 1.29 is 9.15 Å². The molecular formula is C12H13BrN2O2. The van der Waals surface area contributed by atoms with Gasteiger partial charge in [-0.1, -0.05) is 0 Å². The minimum absolute atomic E-state index is 0.0801. The standard InChI is InChI=1S/C12H13BrN2O2/c1-8(10-4-5-11(13)17-10)15-9-3-6-12(16-2)14-7-9/h3-8,15H,1-2H3. The summed E-state index contributed by atoms with van der Waals surface area (Å²) in [6.45, 7) is 2.02. The molecule has 17 heavy (non-hydrogen) atoms. The molecule has 0 aliphatic carbocycles. The number of rotatable bonds is 4. The fraction of sp³-hybridized carbons (Fsp3) is 0.250. The Kier molecular flexibility index (Phi) is 3.68. The third kappa shape index (κ3) is 3.00. The molecule has 0 bridgehead atoms. The molecule has 2 heterocycles. The van der Waals surface area contributed by atoms with Crippen molar-refractivity contribution in [3.8, 4) is 5.88 Å². The van der Waals surface area contributed by atoms with Gasteiger partial charge in [0.1, 0.15) is 5.76 Å². The van der Waals surface area contributed by atoms with Crippen molar-refractivity contribution in [3.05, 3.63) is 40.9 Å². The lowest BCUT2D eigenvalue weighted by Gasteiger charge is -2.12. The van der Waals surface area contributed by atoms with E-state index in [0.717, 1.165) is 16.1 Å². The maximum atomic E-state index is 5.47. The number of nitrogens with zero attached hydrogens (tertiary/aromatic N) is 1. The van der Waals surface area contributed by atoms with E-state index in [4.69, 9.17) is 9.15 Å². The number of hydrogen-bond donors (Lipinski definition) is 1. The van der Waals surface area contributed by atoms with Gasteiger partial charge in [-0.15, -0.1) is 0 Å². The topological polar surface area (TPSA) is 47.3 Å². The van der Waals surface area contributed by atoms with Crippen LogP contribution in [0.2, 0.25) is 0 Å². The molecule has 1 atom stereocenters. The molecular weight excluding hydrogens is 284 g/mol. The Morgan fingerprint density at radius 2 is 2.18 bits per heavy atom. The highest BCUT2D eigenvalue weighted by atomic mass is 79.9. The lowest BCUT2D eigenvalue weighted by molar-refractivity contribution is 0.398. The van der Waals surface area contributed by atoms with Gasteiger partial charge >= 0.3 is 0 Å². The van der Waals surface area contributed by atoms with Crippen LogP contribution in [0.15, 0.2) is 39.5 Å². The molecule has 90 valence electrons. The fourth-order valence-corrected chi connectivity index (χ4v) is 1.79. The summed E-state index contributed by atoms with van der Waals surface area (Å²) in [7, 11) is 1.60. The molecule has 2 aromatic heterocycles. The van der Waals surface area contributed by atoms with Crippen LogP contribution < -0.4 is 10.1 Å². The first-order valence-electron chi connectivity index (χ1n) is 5.21. The summed E-state index contributed by atoms with van der Waals surface area (Å²) in [6.07, 6.45) is 1.73. The molecule has 0 fully saturated rings. The third-order valence-electron chi connectivity index (χ3n) is 2.35. The zero-order valence-electron chi connectivity index (χ0n) is 9.61. The van der Waals surface area contributed by atoms with Gasteiger partial charge in [-0.25, -0.2) is 4.98 Å². The molecule has 2 aromatic rings. The van der Waals surface area contributed by atoms with Crippen molar-refractivity contribution in [2.45, 2.75) is 13.0 Å². The number of methoxy groups -OCH3 is 1. The van der Waals surface area contributed by atoms with Crippen LogP contribution in [0.25, 0.3) is 0 Å². The van der Waals surface area contributed by atoms with Gasteiger partial charge in [0, 0.05) is 6.07 Å². The van der Waals surface area contributed by atoms with E-state index in [9.17, 15) is 0 Å². The maximum absolute atomic E-state index is 5.47. The zero-order valence-corrected chi connectivity index (χ0v) is 11.2. The van der Waals surface area contributed by atoms with Crippen molar-refractivity contribution in [2.24, 2.45) is 0 Å². The summed E-state index contributed by atoms with van der Waals surface area (Å²) in [6, 6.07) is 7.61. The van der Waals surface area contributed by atoms with E-state index in [1.54, 1.807) is 13.3 Å². The van der Waals surface area contributed by atoms with Crippen molar-refractivity contribution in [1.29, 1.82) is 0 Å². The molecule has 0 aromatic carbocycles. The Hall–Kier alpha value is -1.49. The van der Waals surface area contributed by atoms with E-state index in [1.165, 1.54) is 0 Å².